The third-order valence-electron chi connectivity index (χ3n) is 4.39. The van der Waals surface area contributed by atoms with Crippen molar-refractivity contribution >= 4 is 27.2 Å². The second-order valence-corrected chi connectivity index (χ2v) is 8.22. The Kier molecular flexibility index (Phi) is 5.20. The molecule has 2 atom stereocenters. The fraction of sp³-hybridized carbons (Fsp3) is 0.923. The topological polar surface area (TPSA) is 72.2 Å². The van der Waals surface area contributed by atoms with Crippen molar-refractivity contribution in [1.82, 2.24) is 4.72 Å². The summed E-state index contributed by atoms with van der Waals surface area (Å²) < 4.78 is 27.3. The number of hydrogen-bond donors (Lipinski definition) is 2. The average molecular weight is 304 g/mol. The maximum atomic E-state index is 12.2. The molecule has 0 aromatic heterocycles. The Hall–Kier alpha value is -0.200. The monoisotopic (exact) mass is 304 g/mol. The minimum Gasteiger partial charge on any atom is -0.393 e. The van der Waals surface area contributed by atoms with Crippen molar-refractivity contribution in [1.29, 1.82) is 0 Å². The molecule has 0 bridgehead atoms. The van der Waals surface area contributed by atoms with Gasteiger partial charge in [-0.1, -0.05) is 37.9 Å². The van der Waals surface area contributed by atoms with Crippen LogP contribution >= 0.6 is 12.2 Å². The third-order valence-corrected chi connectivity index (χ3v) is 6.27. The van der Waals surface area contributed by atoms with E-state index in [1.54, 1.807) is 0 Å². The zero-order valence-corrected chi connectivity index (χ0v) is 12.9. The van der Waals surface area contributed by atoms with Gasteiger partial charge in [0.15, 0.2) is 0 Å². The molecule has 0 aliphatic heterocycles. The molecule has 4 nitrogen and oxygen atoms in total. The fourth-order valence-corrected chi connectivity index (χ4v) is 5.46. The normalized spacial score (nSPS) is 29.5. The van der Waals surface area contributed by atoms with Gasteiger partial charge in [-0.25, -0.2) is 13.1 Å². The van der Waals surface area contributed by atoms with Gasteiger partial charge in [0.25, 0.3) is 0 Å². The van der Waals surface area contributed by atoms with E-state index in [4.69, 9.17) is 18.0 Å². The van der Waals surface area contributed by atoms with Gasteiger partial charge in [-0.3, -0.25) is 0 Å². The van der Waals surface area contributed by atoms with Gasteiger partial charge in [-0.15, -0.1) is 0 Å². The van der Waals surface area contributed by atoms with Crippen LogP contribution in [0, 0.1) is 11.8 Å². The highest BCUT2D eigenvalue weighted by atomic mass is 32.2. The van der Waals surface area contributed by atoms with Crippen LogP contribution in [0.1, 0.15) is 51.4 Å². The number of thiocarbonyl (C=S) groups is 1. The SMILES string of the molecule is NC(=S)C1CCCC1NS(=O)(=O)CC1CCCCC1. The smallest absolute Gasteiger partial charge is 0.212 e. The van der Waals surface area contributed by atoms with Crippen molar-refractivity contribution in [3.63, 3.8) is 0 Å². The predicted octanol–water partition coefficient (Wildman–Crippen LogP) is 1.94. The van der Waals surface area contributed by atoms with Crippen LogP contribution in [0.5, 0.6) is 0 Å². The first kappa shape index (κ1) is 15.2. The van der Waals surface area contributed by atoms with Gasteiger partial charge in [0, 0.05) is 12.0 Å². The molecule has 0 heterocycles. The Morgan fingerprint density at radius 2 is 1.79 bits per heavy atom. The molecule has 6 heteroatoms. The average Bonchev–Trinajstić information content (AvgIpc) is 2.77. The molecule has 0 amide bonds. The summed E-state index contributed by atoms with van der Waals surface area (Å²) in [6, 6.07) is -0.0777. The summed E-state index contributed by atoms with van der Waals surface area (Å²) in [5, 5.41) is 0. The lowest BCUT2D eigenvalue weighted by atomic mass is 9.91. The van der Waals surface area contributed by atoms with Crippen LogP contribution < -0.4 is 10.5 Å². The Labute approximate surface area is 121 Å². The van der Waals surface area contributed by atoms with Crippen molar-refractivity contribution < 1.29 is 8.42 Å². The van der Waals surface area contributed by atoms with Gasteiger partial charge in [-0.2, -0.15) is 0 Å². The van der Waals surface area contributed by atoms with Gasteiger partial charge in [0.1, 0.15) is 0 Å². The summed E-state index contributed by atoms with van der Waals surface area (Å²) in [4.78, 5) is 0.447. The summed E-state index contributed by atoms with van der Waals surface area (Å²) >= 11 is 5.03. The molecule has 19 heavy (non-hydrogen) atoms. The lowest BCUT2D eigenvalue weighted by Gasteiger charge is -2.24. The van der Waals surface area contributed by atoms with Crippen LogP contribution in [0.3, 0.4) is 0 Å². The van der Waals surface area contributed by atoms with E-state index in [9.17, 15) is 8.42 Å². The summed E-state index contributed by atoms with van der Waals surface area (Å²) in [6.07, 6.45) is 8.43. The van der Waals surface area contributed by atoms with Crippen LogP contribution in [0.15, 0.2) is 0 Å². The molecule has 2 fully saturated rings. The van der Waals surface area contributed by atoms with Crippen molar-refractivity contribution in [2.45, 2.75) is 57.4 Å². The summed E-state index contributed by atoms with van der Waals surface area (Å²) in [6.45, 7) is 0. The van der Waals surface area contributed by atoms with Crippen LogP contribution in [0.25, 0.3) is 0 Å². The van der Waals surface area contributed by atoms with Crippen LogP contribution in [-0.2, 0) is 10.0 Å². The minimum atomic E-state index is -3.20. The fourth-order valence-electron chi connectivity index (χ4n) is 3.38. The first-order chi connectivity index (χ1) is 8.98. The second-order valence-electron chi connectivity index (χ2n) is 5.95. The number of rotatable bonds is 5. The van der Waals surface area contributed by atoms with E-state index >= 15 is 0 Å². The van der Waals surface area contributed by atoms with Crippen molar-refractivity contribution in [3.8, 4) is 0 Å². The summed E-state index contributed by atoms with van der Waals surface area (Å²) in [5.41, 5.74) is 5.69. The van der Waals surface area contributed by atoms with E-state index in [0.717, 1.165) is 32.1 Å². The predicted molar refractivity (Wildman–Crippen MR) is 81.4 cm³/mol. The standard InChI is InChI=1S/C13H24N2O2S2/c14-13(18)11-7-4-8-12(11)15-19(16,17)9-10-5-2-1-3-6-10/h10-12,15H,1-9H2,(H2,14,18). The Balaban J connectivity index is 1.91. The highest BCUT2D eigenvalue weighted by Gasteiger charge is 2.33. The summed E-state index contributed by atoms with van der Waals surface area (Å²) in [7, 11) is -3.20. The second kappa shape index (κ2) is 6.50. The molecule has 0 aromatic carbocycles. The first-order valence-electron chi connectivity index (χ1n) is 7.27. The number of hydrogen-bond acceptors (Lipinski definition) is 3. The zero-order chi connectivity index (χ0) is 13.9. The molecular formula is C13H24N2O2S2. The molecule has 0 radical (unpaired) electrons. The van der Waals surface area contributed by atoms with Crippen molar-refractivity contribution in [2.24, 2.45) is 17.6 Å². The van der Waals surface area contributed by atoms with Crippen molar-refractivity contribution in [3.05, 3.63) is 0 Å². The number of nitrogens with two attached hydrogens (primary N) is 1. The summed E-state index contributed by atoms with van der Waals surface area (Å²) in [5.74, 6) is 0.639. The Morgan fingerprint density at radius 3 is 2.42 bits per heavy atom. The Morgan fingerprint density at radius 1 is 1.11 bits per heavy atom. The van der Waals surface area contributed by atoms with Gasteiger partial charge < -0.3 is 5.73 Å². The quantitative estimate of drug-likeness (QED) is 0.761. The molecule has 0 aromatic rings. The first-order valence-corrected chi connectivity index (χ1v) is 9.33. The van der Waals surface area contributed by atoms with E-state index in [-0.39, 0.29) is 17.7 Å². The maximum Gasteiger partial charge on any atom is 0.212 e. The Bertz CT molecular complexity index is 416. The van der Waals surface area contributed by atoms with Gasteiger partial charge in [0.2, 0.25) is 10.0 Å². The van der Waals surface area contributed by atoms with Gasteiger partial charge in [0.05, 0.1) is 10.7 Å². The van der Waals surface area contributed by atoms with E-state index in [0.29, 0.717) is 10.9 Å². The molecule has 2 saturated carbocycles. The number of nitrogens with one attached hydrogen (secondary N) is 1. The molecule has 110 valence electrons. The van der Waals surface area contributed by atoms with E-state index < -0.39 is 10.0 Å². The van der Waals surface area contributed by atoms with Crippen LogP contribution in [0.4, 0.5) is 0 Å². The van der Waals surface area contributed by atoms with Crippen LogP contribution in [-0.4, -0.2) is 25.2 Å². The number of sulfonamides is 1. The van der Waals surface area contributed by atoms with Crippen molar-refractivity contribution in [2.75, 3.05) is 5.75 Å². The largest absolute Gasteiger partial charge is 0.393 e. The maximum absolute atomic E-state index is 12.2. The molecular weight excluding hydrogens is 280 g/mol. The highest BCUT2D eigenvalue weighted by Crippen LogP contribution is 2.28. The van der Waals surface area contributed by atoms with E-state index in [1.807, 2.05) is 0 Å². The molecule has 0 spiro atoms. The molecule has 0 saturated heterocycles. The highest BCUT2D eigenvalue weighted by molar-refractivity contribution is 7.89. The van der Waals surface area contributed by atoms with E-state index in [2.05, 4.69) is 4.72 Å². The molecule has 2 unspecified atom stereocenters. The van der Waals surface area contributed by atoms with Gasteiger partial charge >= 0.3 is 0 Å². The van der Waals surface area contributed by atoms with E-state index in [1.165, 1.54) is 19.3 Å². The lowest BCUT2D eigenvalue weighted by Crippen LogP contribution is -2.43. The molecule has 3 N–H and O–H groups in total. The van der Waals surface area contributed by atoms with Crippen LogP contribution in [0.2, 0.25) is 0 Å². The van der Waals surface area contributed by atoms with Gasteiger partial charge in [-0.05, 0) is 31.6 Å². The minimum absolute atomic E-state index is 0.0381. The molecule has 2 aliphatic rings. The zero-order valence-electron chi connectivity index (χ0n) is 11.3. The lowest BCUT2D eigenvalue weighted by molar-refractivity contribution is 0.382. The third kappa shape index (κ3) is 4.39. The molecule has 2 rings (SSSR count). The molecule has 2 aliphatic carbocycles.